The summed E-state index contributed by atoms with van der Waals surface area (Å²) in [6.07, 6.45) is 3.46. The van der Waals surface area contributed by atoms with Crippen molar-refractivity contribution in [2.24, 2.45) is 5.92 Å². The number of ketones is 1. The van der Waals surface area contributed by atoms with E-state index in [1.807, 2.05) is 12.1 Å². The Balaban J connectivity index is 2.24. The minimum Gasteiger partial charge on any atom is -0.299 e. The third-order valence-electron chi connectivity index (χ3n) is 3.37. The molecule has 0 bridgehead atoms. The zero-order chi connectivity index (χ0) is 12.3. The predicted molar refractivity (Wildman–Crippen MR) is 66.8 cm³/mol. The number of halogens is 1. The summed E-state index contributed by atoms with van der Waals surface area (Å²) < 4.78 is 0. The molecule has 0 aliphatic heterocycles. The van der Waals surface area contributed by atoms with E-state index in [4.69, 9.17) is 11.6 Å². The molecule has 0 saturated heterocycles. The van der Waals surface area contributed by atoms with Crippen LogP contribution in [0.5, 0.6) is 0 Å². The van der Waals surface area contributed by atoms with E-state index in [-0.39, 0.29) is 17.6 Å². The van der Waals surface area contributed by atoms with Crippen LogP contribution in [-0.2, 0) is 4.79 Å². The summed E-state index contributed by atoms with van der Waals surface area (Å²) in [4.78, 5) is 11.9. The molecular formula is C14H14ClNO. The third kappa shape index (κ3) is 2.68. The van der Waals surface area contributed by atoms with Gasteiger partial charge in [-0.2, -0.15) is 5.26 Å². The molecular weight excluding hydrogens is 234 g/mol. The smallest absolute Gasteiger partial charge is 0.137 e. The summed E-state index contributed by atoms with van der Waals surface area (Å²) in [6.45, 7) is 0. The summed E-state index contributed by atoms with van der Waals surface area (Å²) in [5.74, 6) is -0.215. The Kier molecular flexibility index (Phi) is 3.81. The zero-order valence-electron chi connectivity index (χ0n) is 9.53. The van der Waals surface area contributed by atoms with Crippen LogP contribution >= 0.6 is 11.6 Å². The first-order valence-electron chi connectivity index (χ1n) is 5.90. The minimum absolute atomic E-state index is 0.130. The first-order valence-corrected chi connectivity index (χ1v) is 6.28. The van der Waals surface area contributed by atoms with Crippen LogP contribution in [0.2, 0.25) is 5.02 Å². The van der Waals surface area contributed by atoms with Gasteiger partial charge < -0.3 is 0 Å². The van der Waals surface area contributed by atoms with Gasteiger partial charge in [0.25, 0.3) is 0 Å². The Bertz CT molecular complexity index is 446. The van der Waals surface area contributed by atoms with Gasteiger partial charge in [-0.1, -0.05) is 30.2 Å². The number of carbonyl (C=O) groups is 1. The molecule has 1 aliphatic rings. The maximum absolute atomic E-state index is 11.9. The number of hydrogen-bond acceptors (Lipinski definition) is 2. The fraction of sp³-hybridized carbons (Fsp3) is 0.429. The van der Waals surface area contributed by atoms with Gasteiger partial charge in [0.05, 0.1) is 12.0 Å². The predicted octanol–water partition coefficient (Wildman–Crippen LogP) is 3.71. The fourth-order valence-corrected chi connectivity index (χ4v) is 2.56. The van der Waals surface area contributed by atoms with Crippen LogP contribution < -0.4 is 0 Å². The topological polar surface area (TPSA) is 40.9 Å². The quantitative estimate of drug-likeness (QED) is 0.799. The molecule has 17 heavy (non-hydrogen) atoms. The van der Waals surface area contributed by atoms with Crippen molar-refractivity contribution in [3.8, 4) is 6.07 Å². The van der Waals surface area contributed by atoms with E-state index in [9.17, 15) is 10.1 Å². The zero-order valence-corrected chi connectivity index (χ0v) is 10.3. The average Bonchev–Trinajstić information content (AvgIpc) is 2.35. The molecule has 3 heteroatoms. The van der Waals surface area contributed by atoms with Crippen LogP contribution in [0.3, 0.4) is 0 Å². The van der Waals surface area contributed by atoms with Crippen molar-refractivity contribution in [1.82, 2.24) is 0 Å². The molecule has 88 valence electrons. The summed E-state index contributed by atoms with van der Waals surface area (Å²) in [5.41, 5.74) is 0.900. The van der Waals surface area contributed by atoms with Gasteiger partial charge in [-0.15, -0.1) is 0 Å². The van der Waals surface area contributed by atoms with E-state index in [1.54, 1.807) is 12.1 Å². The van der Waals surface area contributed by atoms with Crippen molar-refractivity contribution in [3.05, 3.63) is 34.9 Å². The van der Waals surface area contributed by atoms with Crippen molar-refractivity contribution >= 4 is 17.4 Å². The standard InChI is InChI=1S/C14H14ClNO/c15-11-7-5-10(6-8-11)13(9-16)12-3-1-2-4-14(12)17/h5-8,12-13H,1-4H2. The largest absolute Gasteiger partial charge is 0.299 e. The third-order valence-corrected chi connectivity index (χ3v) is 3.62. The molecule has 0 spiro atoms. The molecule has 2 atom stereocenters. The van der Waals surface area contributed by atoms with E-state index in [0.29, 0.717) is 11.4 Å². The van der Waals surface area contributed by atoms with Crippen molar-refractivity contribution < 1.29 is 4.79 Å². The van der Waals surface area contributed by atoms with E-state index in [0.717, 1.165) is 24.8 Å². The number of nitrogens with zero attached hydrogens (tertiary/aromatic N) is 1. The highest BCUT2D eigenvalue weighted by molar-refractivity contribution is 6.30. The second kappa shape index (κ2) is 5.33. The van der Waals surface area contributed by atoms with Gasteiger partial charge in [0.1, 0.15) is 5.78 Å². The maximum Gasteiger partial charge on any atom is 0.137 e. The van der Waals surface area contributed by atoms with Crippen molar-refractivity contribution in [2.45, 2.75) is 31.6 Å². The molecule has 2 unspecified atom stereocenters. The number of nitriles is 1. The molecule has 1 saturated carbocycles. The SMILES string of the molecule is N#CC(c1ccc(Cl)cc1)C1CCCCC1=O. The molecule has 1 fully saturated rings. The van der Waals surface area contributed by atoms with E-state index >= 15 is 0 Å². The molecule has 2 rings (SSSR count). The van der Waals surface area contributed by atoms with Crippen LogP contribution in [-0.4, -0.2) is 5.78 Å². The van der Waals surface area contributed by atoms with Gasteiger partial charge in [0.2, 0.25) is 0 Å². The van der Waals surface area contributed by atoms with E-state index < -0.39 is 0 Å². The lowest BCUT2D eigenvalue weighted by Crippen LogP contribution is -2.24. The Labute approximate surface area is 106 Å². The molecule has 1 aliphatic carbocycles. The minimum atomic E-state index is -0.319. The van der Waals surface area contributed by atoms with Crippen molar-refractivity contribution in [3.63, 3.8) is 0 Å². The highest BCUT2D eigenvalue weighted by Gasteiger charge is 2.31. The molecule has 1 aromatic carbocycles. The number of benzene rings is 1. The number of Topliss-reactive ketones (excluding diaryl/α,β-unsaturated/α-hetero) is 1. The molecule has 2 nitrogen and oxygen atoms in total. The van der Waals surface area contributed by atoms with Crippen molar-refractivity contribution in [2.75, 3.05) is 0 Å². The molecule has 0 radical (unpaired) electrons. The number of carbonyl (C=O) groups excluding carboxylic acids is 1. The second-order valence-electron chi connectivity index (χ2n) is 4.48. The lowest BCUT2D eigenvalue weighted by atomic mass is 9.77. The molecule has 1 aromatic rings. The lowest BCUT2D eigenvalue weighted by Gasteiger charge is -2.24. The highest BCUT2D eigenvalue weighted by Crippen LogP contribution is 2.33. The molecule has 0 aromatic heterocycles. The van der Waals surface area contributed by atoms with Gasteiger partial charge in [-0.3, -0.25) is 4.79 Å². The highest BCUT2D eigenvalue weighted by atomic mass is 35.5. The van der Waals surface area contributed by atoms with Crippen LogP contribution in [0.15, 0.2) is 24.3 Å². The van der Waals surface area contributed by atoms with Crippen LogP contribution in [0, 0.1) is 17.2 Å². The monoisotopic (exact) mass is 247 g/mol. The van der Waals surface area contributed by atoms with Gasteiger partial charge in [0, 0.05) is 17.4 Å². The molecule has 0 amide bonds. The van der Waals surface area contributed by atoms with Gasteiger partial charge in [0.15, 0.2) is 0 Å². The Morgan fingerprint density at radius 1 is 1.29 bits per heavy atom. The van der Waals surface area contributed by atoms with Crippen LogP contribution in [0.4, 0.5) is 0 Å². The number of rotatable bonds is 2. The second-order valence-corrected chi connectivity index (χ2v) is 4.91. The lowest BCUT2D eigenvalue weighted by molar-refractivity contribution is -0.124. The van der Waals surface area contributed by atoms with Gasteiger partial charge in [-0.25, -0.2) is 0 Å². The summed E-state index contributed by atoms with van der Waals surface area (Å²) in [5, 5.41) is 9.94. The van der Waals surface area contributed by atoms with E-state index in [1.165, 1.54) is 0 Å². The normalized spacial score (nSPS) is 21.9. The van der Waals surface area contributed by atoms with Gasteiger partial charge in [-0.05, 0) is 30.5 Å². The van der Waals surface area contributed by atoms with Crippen LogP contribution in [0.25, 0.3) is 0 Å². The van der Waals surface area contributed by atoms with Gasteiger partial charge >= 0.3 is 0 Å². The molecule has 0 N–H and O–H groups in total. The average molecular weight is 248 g/mol. The Morgan fingerprint density at radius 3 is 2.59 bits per heavy atom. The fourth-order valence-electron chi connectivity index (χ4n) is 2.43. The summed E-state index contributed by atoms with van der Waals surface area (Å²) >= 11 is 5.82. The molecule has 0 heterocycles. The summed E-state index contributed by atoms with van der Waals surface area (Å²) in [6, 6.07) is 9.51. The first-order chi connectivity index (χ1) is 8.22. The van der Waals surface area contributed by atoms with Crippen LogP contribution in [0.1, 0.15) is 37.2 Å². The van der Waals surface area contributed by atoms with E-state index in [2.05, 4.69) is 6.07 Å². The number of hydrogen-bond donors (Lipinski definition) is 0. The first kappa shape index (κ1) is 12.1. The van der Waals surface area contributed by atoms with Crippen molar-refractivity contribution in [1.29, 1.82) is 5.26 Å². The summed E-state index contributed by atoms with van der Waals surface area (Å²) in [7, 11) is 0. The maximum atomic E-state index is 11.9. The Morgan fingerprint density at radius 2 is 2.00 bits per heavy atom. The Hall–Kier alpha value is -1.33.